The lowest BCUT2D eigenvalue weighted by Gasteiger charge is -2.44. The summed E-state index contributed by atoms with van der Waals surface area (Å²) in [6.45, 7) is 3.26. The van der Waals surface area contributed by atoms with E-state index in [1.54, 1.807) is 19.2 Å². The van der Waals surface area contributed by atoms with E-state index in [0.29, 0.717) is 23.4 Å². The topological polar surface area (TPSA) is 56.6 Å². The Morgan fingerprint density at radius 1 is 1.19 bits per heavy atom. The van der Waals surface area contributed by atoms with Crippen molar-refractivity contribution < 1.29 is 9.53 Å². The highest BCUT2D eigenvalue weighted by molar-refractivity contribution is 6.00. The van der Waals surface area contributed by atoms with Gasteiger partial charge >= 0.3 is 0 Å². The Kier molecular flexibility index (Phi) is 4.36. The molecule has 1 fully saturated rings. The van der Waals surface area contributed by atoms with E-state index in [1.165, 1.54) is 5.56 Å². The molecule has 0 radical (unpaired) electrons. The van der Waals surface area contributed by atoms with Crippen LogP contribution in [0.2, 0.25) is 0 Å². The Morgan fingerprint density at radius 2 is 2.00 bits per heavy atom. The molecule has 2 heterocycles. The summed E-state index contributed by atoms with van der Waals surface area (Å²) in [6.07, 6.45) is 0.727. The molecule has 132 valence electrons. The van der Waals surface area contributed by atoms with Gasteiger partial charge in [0.15, 0.2) is 0 Å². The average molecular weight is 347 g/mol. The molecule has 0 unspecified atom stereocenters. The number of methoxy groups -OCH3 is 1. The standard InChI is InChI=1S/C21H21N3O2/c1-26-19-8-7-16(12-22)20-18(19)11-17-14-23(9-10-24(17)21(20)25)13-15-5-3-2-4-6-15/h2-8,17H,9-11,13-14H2,1H3/t17-/m1/s1. The number of carbonyl (C=O) groups is 1. The number of piperazine rings is 1. The molecule has 0 saturated carbocycles. The van der Waals surface area contributed by atoms with Crippen molar-refractivity contribution in [2.24, 2.45) is 0 Å². The Morgan fingerprint density at radius 3 is 2.73 bits per heavy atom. The average Bonchev–Trinajstić information content (AvgIpc) is 2.68. The van der Waals surface area contributed by atoms with Crippen LogP contribution in [0.1, 0.15) is 27.0 Å². The first-order valence-corrected chi connectivity index (χ1v) is 8.88. The zero-order chi connectivity index (χ0) is 18.1. The van der Waals surface area contributed by atoms with Gasteiger partial charge in [0.05, 0.1) is 24.3 Å². The molecule has 1 saturated heterocycles. The molecule has 5 nitrogen and oxygen atoms in total. The molecular weight excluding hydrogens is 326 g/mol. The number of ether oxygens (including phenoxy) is 1. The maximum absolute atomic E-state index is 13.1. The van der Waals surface area contributed by atoms with Gasteiger partial charge in [0.2, 0.25) is 0 Å². The van der Waals surface area contributed by atoms with Crippen LogP contribution >= 0.6 is 0 Å². The summed E-state index contributed by atoms with van der Waals surface area (Å²) < 4.78 is 5.47. The van der Waals surface area contributed by atoms with Crippen LogP contribution in [0.15, 0.2) is 42.5 Å². The van der Waals surface area contributed by atoms with Gasteiger partial charge in [-0.3, -0.25) is 9.69 Å². The maximum atomic E-state index is 13.1. The molecule has 0 bridgehead atoms. The number of carbonyl (C=O) groups excluding carboxylic acids is 1. The molecule has 1 amide bonds. The molecule has 5 heteroatoms. The van der Waals surface area contributed by atoms with Crippen LogP contribution in [0, 0.1) is 11.3 Å². The number of nitriles is 1. The highest BCUT2D eigenvalue weighted by Gasteiger charge is 2.38. The molecule has 26 heavy (non-hydrogen) atoms. The summed E-state index contributed by atoms with van der Waals surface area (Å²) in [7, 11) is 1.61. The normalized spacial score (nSPS) is 19.5. The van der Waals surface area contributed by atoms with Gasteiger partial charge in [0, 0.05) is 37.8 Å². The Labute approximate surface area is 153 Å². The van der Waals surface area contributed by atoms with E-state index in [-0.39, 0.29) is 11.9 Å². The molecular formula is C21H21N3O2. The zero-order valence-corrected chi connectivity index (χ0v) is 14.8. The SMILES string of the molecule is COc1ccc(C#N)c2c1C[C@@H]1CN(Cc3ccccc3)CCN1C2=O. The highest BCUT2D eigenvalue weighted by Crippen LogP contribution is 2.34. The van der Waals surface area contributed by atoms with Gasteiger partial charge in [0.1, 0.15) is 5.75 Å². The van der Waals surface area contributed by atoms with Crippen LogP contribution in [0.4, 0.5) is 0 Å². The molecule has 0 N–H and O–H groups in total. The van der Waals surface area contributed by atoms with E-state index >= 15 is 0 Å². The Balaban J connectivity index is 1.61. The van der Waals surface area contributed by atoms with Crippen molar-refractivity contribution in [3.8, 4) is 11.8 Å². The van der Waals surface area contributed by atoms with Crippen LogP contribution in [-0.4, -0.2) is 48.5 Å². The second-order valence-electron chi connectivity index (χ2n) is 6.86. The summed E-state index contributed by atoms with van der Waals surface area (Å²) in [5.41, 5.74) is 3.13. The minimum Gasteiger partial charge on any atom is -0.496 e. The predicted octanol–water partition coefficient (Wildman–Crippen LogP) is 2.45. The molecule has 4 rings (SSSR count). The minimum atomic E-state index is -0.0361. The van der Waals surface area contributed by atoms with E-state index < -0.39 is 0 Å². The van der Waals surface area contributed by atoms with Gasteiger partial charge in [-0.2, -0.15) is 5.26 Å². The Hall–Kier alpha value is -2.84. The van der Waals surface area contributed by atoms with Crippen LogP contribution in [0.5, 0.6) is 5.75 Å². The van der Waals surface area contributed by atoms with Crippen LogP contribution in [0.25, 0.3) is 0 Å². The van der Waals surface area contributed by atoms with Crippen molar-refractivity contribution in [1.82, 2.24) is 9.80 Å². The lowest BCUT2D eigenvalue weighted by Crippen LogP contribution is -2.57. The number of nitrogens with zero attached hydrogens (tertiary/aromatic N) is 3. The quantitative estimate of drug-likeness (QED) is 0.856. The highest BCUT2D eigenvalue weighted by atomic mass is 16.5. The summed E-state index contributed by atoms with van der Waals surface area (Å²) in [4.78, 5) is 17.4. The van der Waals surface area contributed by atoms with Gasteiger partial charge in [-0.25, -0.2) is 0 Å². The molecule has 2 aromatic carbocycles. The summed E-state index contributed by atoms with van der Waals surface area (Å²) >= 11 is 0. The first-order chi connectivity index (χ1) is 12.7. The smallest absolute Gasteiger partial charge is 0.255 e. The van der Waals surface area contributed by atoms with Crippen LogP contribution < -0.4 is 4.74 Å². The van der Waals surface area contributed by atoms with Crippen LogP contribution in [-0.2, 0) is 13.0 Å². The lowest BCUT2D eigenvalue weighted by atomic mass is 9.88. The summed E-state index contributed by atoms with van der Waals surface area (Å²) in [5, 5.41) is 9.41. The van der Waals surface area contributed by atoms with Crippen LogP contribution in [0.3, 0.4) is 0 Å². The number of fused-ring (bicyclic) bond motifs is 2. The van der Waals surface area contributed by atoms with Crippen molar-refractivity contribution >= 4 is 5.91 Å². The number of hydrogen-bond donors (Lipinski definition) is 0. The van der Waals surface area contributed by atoms with Crippen molar-refractivity contribution in [3.63, 3.8) is 0 Å². The largest absolute Gasteiger partial charge is 0.496 e. The third-order valence-electron chi connectivity index (χ3n) is 5.34. The summed E-state index contributed by atoms with van der Waals surface area (Å²) in [6, 6.07) is 16.2. The first-order valence-electron chi connectivity index (χ1n) is 8.88. The van der Waals surface area contributed by atoms with E-state index in [4.69, 9.17) is 4.74 Å². The molecule has 0 aliphatic carbocycles. The fourth-order valence-electron chi connectivity index (χ4n) is 4.09. The van der Waals surface area contributed by atoms with E-state index in [1.807, 2.05) is 11.0 Å². The number of rotatable bonds is 3. The number of amides is 1. The first kappa shape index (κ1) is 16.6. The zero-order valence-electron chi connectivity index (χ0n) is 14.8. The van der Waals surface area contributed by atoms with Crippen molar-refractivity contribution in [1.29, 1.82) is 5.26 Å². The van der Waals surface area contributed by atoms with E-state index in [0.717, 1.165) is 31.6 Å². The van der Waals surface area contributed by atoms with Crippen molar-refractivity contribution in [2.45, 2.75) is 19.0 Å². The minimum absolute atomic E-state index is 0.0361. The fraction of sp³-hybridized carbons (Fsp3) is 0.333. The molecule has 0 spiro atoms. The maximum Gasteiger partial charge on any atom is 0.255 e. The molecule has 2 aliphatic rings. The molecule has 2 aromatic rings. The Bertz CT molecular complexity index is 873. The van der Waals surface area contributed by atoms with Gasteiger partial charge in [0.25, 0.3) is 5.91 Å². The van der Waals surface area contributed by atoms with Gasteiger partial charge < -0.3 is 9.64 Å². The molecule has 2 aliphatic heterocycles. The third-order valence-corrected chi connectivity index (χ3v) is 5.34. The van der Waals surface area contributed by atoms with Crippen molar-refractivity contribution in [2.75, 3.05) is 26.7 Å². The predicted molar refractivity (Wildman–Crippen MR) is 98.0 cm³/mol. The molecule has 1 atom stereocenters. The monoisotopic (exact) mass is 347 g/mol. The number of benzene rings is 2. The van der Waals surface area contributed by atoms with Crippen molar-refractivity contribution in [3.05, 3.63) is 64.7 Å². The van der Waals surface area contributed by atoms with Gasteiger partial charge in [-0.05, 0) is 24.1 Å². The number of hydrogen-bond acceptors (Lipinski definition) is 4. The lowest BCUT2D eigenvalue weighted by molar-refractivity contribution is 0.0398. The van der Waals surface area contributed by atoms with E-state index in [9.17, 15) is 10.1 Å². The fourth-order valence-corrected chi connectivity index (χ4v) is 4.09. The third kappa shape index (κ3) is 2.83. The summed E-state index contributed by atoms with van der Waals surface area (Å²) in [5.74, 6) is 0.665. The second-order valence-corrected chi connectivity index (χ2v) is 6.86. The molecule has 0 aromatic heterocycles. The van der Waals surface area contributed by atoms with Gasteiger partial charge in [-0.15, -0.1) is 0 Å². The van der Waals surface area contributed by atoms with Gasteiger partial charge in [-0.1, -0.05) is 30.3 Å². The van der Waals surface area contributed by atoms with E-state index in [2.05, 4.69) is 35.2 Å². The second kappa shape index (κ2) is 6.81.